The van der Waals surface area contributed by atoms with Crippen molar-refractivity contribution in [2.24, 2.45) is 0 Å². The first-order valence-electron chi connectivity index (χ1n) is 7.48. The highest BCUT2D eigenvalue weighted by molar-refractivity contribution is 6.36. The summed E-state index contributed by atoms with van der Waals surface area (Å²) in [6.07, 6.45) is 5.74. The zero-order chi connectivity index (χ0) is 14.4. The average molecular weight is 316 g/mol. The van der Waals surface area contributed by atoms with Crippen molar-refractivity contribution in [3.05, 3.63) is 33.8 Å². The van der Waals surface area contributed by atoms with E-state index < -0.39 is 0 Å². The SMILES string of the molecule is CCCNC(Cc1c(Cl)cccc1Cl)CC1CCCO1. The molecule has 1 aromatic rings. The van der Waals surface area contributed by atoms with Crippen LogP contribution in [0, 0.1) is 0 Å². The van der Waals surface area contributed by atoms with Gasteiger partial charge in [-0.2, -0.15) is 0 Å². The van der Waals surface area contributed by atoms with Gasteiger partial charge in [0.05, 0.1) is 6.10 Å². The third-order valence-corrected chi connectivity index (χ3v) is 4.47. The van der Waals surface area contributed by atoms with Gasteiger partial charge in [0.1, 0.15) is 0 Å². The van der Waals surface area contributed by atoms with E-state index >= 15 is 0 Å². The van der Waals surface area contributed by atoms with E-state index in [9.17, 15) is 0 Å². The third-order valence-electron chi connectivity index (χ3n) is 3.77. The van der Waals surface area contributed by atoms with Crippen molar-refractivity contribution in [1.29, 1.82) is 0 Å². The summed E-state index contributed by atoms with van der Waals surface area (Å²) >= 11 is 12.6. The lowest BCUT2D eigenvalue weighted by molar-refractivity contribution is 0.0946. The first-order valence-corrected chi connectivity index (χ1v) is 8.24. The number of nitrogens with one attached hydrogen (secondary N) is 1. The van der Waals surface area contributed by atoms with Gasteiger partial charge >= 0.3 is 0 Å². The first kappa shape index (κ1) is 16.1. The molecule has 1 heterocycles. The fourth-order valence-corrected chi connectivity index (χ4v) is 3.26. The quantitative estimate of drug-likeness (QED) is 0.801. The molecule has 1 aromatic carbocycles. The monoisotopic (exact) mass is 315 g/mol. The van der Waals surface area contributed by atoms with Gasteiger partial charge in [0, 0.05) is 22.7 Å². The molecule has 4 heteroatoms. The van der Waals surface area contributed by atoms with Crippen molar-refractivity contribution in [2.45, 2.75) is 51.2 Å². The molecule has 1 fully saturated rings. The molecule has 0 amide bonds. The van der Waals surface area contributed by atoms with E-state index in [4.69, 9.17) is 27.9 Å². The van der Waals surface area contributed by atoms with Crippen molar-refractivity contribution in [2.75, 3.05) is 13.2 Å². The Hall–Kier alpha value is -0.280. The Labute approximate surface area is 131 Å². The van der Waals surface area contributed by atoms with Gasteiger partial charge in [-0.1, -0.05) is 36.2 Å². The highest BCUT2D eigenvalue weighted by Gasteiger charge is 2.22. The molecule has 112 valence electrons. The summed E-state index contributed by atoms with van der Waals surface area (Å²) in [5.74, 6) is 0. The predicted molar refractivity (Wildman–Crippen MR) is 85.8 cm³/mol. The van der Waals surface area contributed by atoms with Crippen LogP contribution in [-0.2, 0) is 11.2 Å². The Morgan fingerprint density at radius 2 is 2.10 bits per heavy atom. The van der Waals surface area contributed by atoms with Crippen LogP contribution in [0.15, 0.2) is 18.2 Å². The molecule has 1 saturated heterocycles. The van der Waals surface area contributed by atoms with E-state index in [1.165, 1.54) is 12.8 Å². The molecular formula is C16H23Cl2NO. The highest BCUT2D eigenvalue weighted by atomic mass is 35.5. The standard InChI is InChI=1S/C16H23Cl2NO/c1-2-8-19-12(10-13-5-4-9-20-13)11-14-15(17)6-3-7-16(14)18/h3,6-7,12-13,19H,2,4-5,8-11H2,1H3. The summed E-state index contributed by atoms with van der Waals surface area (Å²) in [6, 6.07) is 6.08. The Morgan fingerprint density at radius 3 is 2.70 bits per heavy atom. The smallest absolute Gasteiger partial charge is 0.0590 e. The zero-order valence-corrected chi connectivity index (χ0v) is 13.5. The fraction of sp³-hybridized carbons (Fsp3) is 0.625. The second-order valence-electron chi connectivity index (χ2n) is 5.43. The molecule has 0 radical (unpaired) electrons. The topological polar surface area (TPSA) is 21.3 Å². The summed E-state index contributed by atoms with van der Waals surface area (Å²) in [5.41, 5.74) is 1.04. The van der Waals surface area contributed by atoms with Crippen LogP contribution >= 0.6 is 23.2 Å². The van der Waals surface area contributed by atoms with Crippen molar-refractivity contribution >= 4 is 23.2 Å². The molecule has 1 aliphatic heterocycles. The van der Waals surface area contributed by atoms with E-state index in [1.807, 2.05) is 18.2 Å². The predicted octanol–water partition coefficient (Wildman–Crippen LogP) is 4.47. The number of hydrogen-bond acceptors (Lipinski definition) is 2. The van der Waals surface area contributed by atoms with Crippen LogP contribution in [0.25, 0.3) is 0 Å². The van der Waals surface area contributed by atoms with Gasteiger partial charge in [0.25, 0.3) is 0 Å². The van der Waals surface area contributed by atoms with Gasteiger partial charge in [-0.3, -0.25) is 0 Å². The van der Waals surface area contributed by atoms with E-state index in [0.717, 1.165) is 48.0 Å². The Bertz CT molecular complexity index is 399. The molecule has 1 N–H and O–H groups in total. The average Bonchev–Trinajstić information content (AvgIpc) is 2.93. The number of hydrogen-bond donors (Lipinski definition) is 1. The normalized spacial score (nSPS) is 20.2. The maximum atomic E-state index is 6.28. The first-order chi connectivity index (χ1) is 9.70. The zero-order valence-electron chi connectivity index (χ0n) is 12.0. The van der Waals surface area contributed by atoms with Gasteiger partial charge < -0.3 is 10.1 Å². The van der Waals surface area contributed by atoms with Gasteiger partial charge in [-0.25, -0.2) is 0 Å². The number of halogens is 2. The van der Waals surface area contributed by atoms with Crippen molar-refractivity contribution in [3.8, 4) is 0 Å². The Morgan fingerprint density at radius 1 is 1.35 bits per heavy atom. The molecule has 2 rings (SSSR count). The van der Waals surface area contributed by atoms with Crippen molar-refractivity contribution in [1.82, 2.24) is 5.32 Å². The highest BCUT2D eigenvalue weighted by Crippen LogP contribution is 2.27. The fourth-order valence-electron chi connectivity index (χ4n) is 2.71. The van der Waals surface area contributed by atoms with E-state index in [-0.39, 0.29) is 0 Å². The number of rotatable bonds is 7. The largest absolute Gasteiger partial charge is 0.378 e. The van der Waals surface area contributed by atoms with E-state index in [2.05, 4.69) is 12.2 Å². The summed E-state index contributed by atoms with van der Waals surface area (Å²) in [4.78, 5) is 0. The van der Waals surface area contributed by atoms with Crippen LogP contribution in [0.1, 0.15) is 38.2 Å². The van der Waals surface area contributed by atoms with Crippen LogP contribution in [0.5, 0.6) is 0 Å². The minimum Gasteiger partial charge on any atom is -0.378 e. The molecule has 0 bridgehead atoms. The lowest BCUT2D eigenvalue weighted by atomic mass is 9.99. The van der Waals surface area contributed by atoms with Crippen molar-refractivity contribution in [3.63, 3.8) is 0 Å². The van der Waals surface area contributed by atoms with Gasteiger partial charge in [-0.05, 0) is 56.3 Å². The molecule has 2 nitrogen and oxygen atoms in total. The van der Waals surface area contributed by atoms with Crippen LogP contribution in [0.4, 0.5) is 0 Å². The van der Waals surface area contributed by atoms with Crippen LogP contribution in [-0.4, -0.2) is 25.3 Å². The molecule has 0 saturated carbocycles. The maximum absolute atomic E-state index is 6.28. The van der Waals surface area contributed by atoms with Crippen LogP contribution in [0.3, 0.4) is 0 Å². The third kappa shape index (κ3) is 4.63. The summed E-state index contributed by atoms with van der Waals surface area (Å²) in [5, 5.41) is 5.12. The molecular weight excluding hydrogens is 293 g/mol. The molecule has 1 aliphatic rings. The molecule has 2 atom stereocenters. The molecule has 0 spiro atoms. The summed E-state index contributed by atoms with van der Waals surface area (Å²) in [7, 11) is 0. The second kappa shape index (κ2) is 8.23. The van der Waals surface area contributed by atoms with Gasteiger partial charge in [-0.15, -0.1) is 0 Å². The number of ether oxygens (including phenoxy) is 1. The molecule has 0 aromatic heterocycles. The van der Waals surface area contributed by atoms with E-state index in [0.29, 0.717) is 12.1 Å². The van der Waals surface area contributed by atoms with Crippen molar-refractivity contribution < 1.29 is 4.74 Å². The second-order valence-corrected chi connectivity index (χ2v) is 6.24. The Kier molecular flexibility index (Phi) is 6.63. The van der Waals surface area contributed by atoms with E-state index in [1.54, 1.807) is 0 Å². The molecule has 20 heavy (non-hydrogen) atoms. The lowest BCUT2D eigenvalue weighted by Crippen LogP contribution is -2.35. The Balaban J connectivity index is 2.01. The minimum atomic E-state index is 0.371. The number of benzene rings is 1. The molecule has 0 aliphatic carbocycles. The summed E-state index contributed by atoms with van der Waals surface area (Å²) in [6.45, 7) is 4.09. The van der Waals surface area contributed by atoms with Crippen LogP contribution in [0.2, 0.25) is 10.0 Å². The van der Waals surface area contributed by atoms with Crippen LogP contribution < -0.4 is 5.32 Å². The summed E-state index contributed by atoms with van der Waals surface area (Å²) < 4.78 is 5.76. The maximum Gasteiger partial charge on any atom is 0.0590 e. The lowest BCUT2D eigenvalue weighted by Gasteiger charge is -2.22. The van der Waals surface area contributed by atoms with Gasteiger partial charge in [0.15, 0.2) is 0 Å². The minimum absolute atomic E-state index is 0.371. The van der Waals surface area contributed by atoms with Gasteiger partial charge in [0.2, 0.25) is 0 Å². The molecule has 2 unspecified atom stereocenters.